The van der Waals surface area contributed by atoms with Crippen molar-refractivity contribution in [2.24, 2.45) is 0 Å². The first-order valence-electron chi connectivity index (χ1n) is 4.42. The molecule has 0 fully saturated rings. The van der Waals surface area contributed by atoms with Crippen LogP contribution in [0.3, 0.4) is 0 Å². The van der Waals surface area contributed by atoms with E-state index in [4.69, 9.17) is 0 Å². The lowest BCUT2D eigenvalue weighted by Crippen LogP contribution is -2.04. The Morgan fingerprint density at radius 2 is 2.29 bits per heavy atom. The maximum Gasteiger partial charge on any atom is 0.147 e. The number of rotatable bonds is 5. The van der Waals surface area contributed by atoms with Gasteiger partial charge in [-0.3, -0.25) is 0 Å². The van der Waals surface area contributed by atoms with Crippen LogP contribution >= 0.6 is 27.7 Å². The molecule has 0 aromatic heterocycles. The zero-order valence-corrected chi connectivity index (χ0v) is 10.4. The molecule has 0 heterocycles. The molecule has 0 saturated carbocycles. The molecule has 1 aromatic rings. The Labute approximate surface area is 96.6 Å². The van der Waals surface area contributed by atoms with E-state index in [0.717, 1.165) is 23.2 Å². The van der Waals surface area contributed by atoms with Gasteiger partial charge in [0.15, 0.2) is 0 Å². The lowest BCUT2D eigenvalue weighted by molar-refractivity contribution is 0.629. The van der Waals surface area contributed by atoms with Crippen molar-refractivity contribution in [1.29, 1.82) is 0 Å². The summed E-state index contributed by atoms with van der Waals surface area (Å²) >= 11 is 5.02. The van der Waals surface area contributed by atoms with Crippen LogP contribution in [-0.4, -0.2) is 18.6 Å². The largest absolute Gasteiger partial charge is 0.383 e. The van der Waals surface area contributed by atoms with E-state index < -0.39 is 0 Å². The molecule has 0 atom stereocenters. The van der Waals surface area contributed by atoms with Crippen molar-refractivity contribution in [2.75, 3.05) is 23.9 Å². The van der Waals surface area contributed by atoms with E-state index in [1.165, 1.54) is 6.07 Å². The Bertz CT molecular complexity index is 293. The third-order valence-corrected chi connectivity index (χ3v) is 2.96. The van der Waals surface area contributed by atoms with Crippen molar-refractivity contribution in [3.8, 4) is 0 Å². The summed E-state index contributed by atoms with van der Waals surface area (Å²) in [6.45, 7) is 0.819. The van der Waals surface area contributed by atoms with Crippen molar-refractivity contribution in [3.05, 3.63) is 28.5 Å². The smallest absolute Gasteiger partial charge is 0.147 e. The molecule has 14 heavy (non-hydrogen) atoms. The van der Waals surface area contributed by atoms with E-state index in [-0.39, 0.29) is 5.82 Å². The van der Waals surface area contributed by atoms with Crippen LogP contribution in [0.1, 0.15) is 6.42 Å². The van der Waals surface area contributed by atoms with Crippen LogP contribution in [0.15, 0.2) is 22.7 Å². The zero-order valence-electron chi connectivity index (χ0n) is 8.02. The summed E-state index contributed by atoms with van der Waals surface area (Å²) in [4.78, 5) is 0. The van der Waals surface area contributed by atoms with Gasteiger partial charge in [0.25, 0.3) is 0 Å². The molecular weight excluding hydrogens is 265 g/mol. The summed E-state index contributed by atoms with van der Waals surface area (Å²) in [6, 6.07) is 5.05. The Balaban J connectivity index is 2.42. The molecule has 0 bridgehead atoms. The molecule has 4 heteroatoms. The molecule has 0 radical (unpaired) electrons. The molecule has 1 nitrogen and oxygen atoms in total. The quantitative estimate of drug-likeness (QED) is 0.823. The summed E-state index contributed by atoms with van der Waals surface area (Å²) in [6.07, 6.45) is 3.12. The van der Waals surface area contributed by atoms with Gasteiger partial charge in [0.05, 0.1) is 5.69 Å². The molecular formula is C10H13BrFNS. The first-order chi connectivity index (χ1) is 6.74. The van der Waals surface area contributed by atoms with Crippen LogP contribution in [0.2, 0.25) is 0 Å². The number of hydrogen-bond acceptors (Lipinski definition) is 2. The van der Waals surface area contributed by atoms with Crippen LogP contribution in [-0.2, 0) is 0 Å². The molecule has 0 aliphatic rings. The summed E-state index contributed by atoms with van der Waals surface area (Å²) < 4.78 is 14.0. The molecule has 0 saturated heterocycles. The molecule has 0 unspecified atom stereocenters. The van der Waals surface area contributed by atoms with Gasteiger partial charge in [-0.25, -0.2) is 4.39 Å². The highest BCUT2D eigenvalue weighted by atomic mass is 79.9. The maximum atomic E-state index is 13.3. The highest BCUT2D eigenvalue weighted by Crippen LogP contribution is 2.19. The van der Waals surface area contributed by atoms with Gasteiger partial charge in [0.2, 0.25) is 0 Å². The first-order valence-corrected chi connectivity index (χ1v) is 6.60. The van der Waals surface area contributed by atoms with Crippen molar-refractivity contribution in [1.82, 2.24) is 0 Å². The standard InChI is InChI=1S/C10H13BrFNS/c1-14-6-2-5-13-10-4-3-8(11)7-9(10)12/h3-4,7,13H,2,5-6H2,1H3. The fourth-order valence-corrected chi connectivity index (χ4v) is 1.84. The molecule has 0 aliphatic heterocycles. The van der Waals surface area contributed by atoms with Gasteiger partial charge in [0.1, 0.15) is 5.82 Å². The molecule has 1 rings (SSSR count). The third-order valence-electron chi connectivity index (χ3n) is 1.77. The molecule has 1 N–H and O–H groups in total. The Kier molecular flexibility index (Phi) is 5.33. The van der Waals surface area contributed by atoms with E-state index in [2.05, 4.69) is 27.5 Å². The van der Waals surface area contributed by atoms with Crippen LogP contribution in [0.25, 0.3) is 0 Å². The SMILES string of the molecule is CSCCCNc1ccc(Br)cc1F. The number of thioether (sulfide) groups is 1. The van der Waals surface area contributed by atoms with E-state index in [1.807, 2.05) is 6.07 Å². The maximum absolute atomic E-state index is 13.3. The van der Waals surface area contributed by atoms with Crippen LogP contribution in [0.4, 0.5) is 10.1 Å². The fourth-order valence-electron chi connectivity index (χ4n) is 1.07. The van der Waals surface area contributed by atoms with E-state index in [0.29, 0.717) is 5.69 Å². The second-order valence-electron chi connectivity index (χ2n) is 2.90. The minimum atomic E-state index is -0.205. The van der Waals surface area contributed by atoms with Crippen LogP contribution in [0.5, 0.6) is 0 Å². The number of benzene rings is 1. The predicted octanol–water partition coefficient (Wildman–Crippen LogP) is 3.75. The molecule has 0 aliphatic carbocycles. The average Bonchev–Trinajstić information content (AvgIpc) is 2.15. The minimum absolute atomic E-state index is 0.205. The van der Waals surface area contributed by atoms with Gasteiger partial charge in [-0.05, 0) is 36.6 Å². The second-order valence-corrected chi connectivity index (χ2v) is 4.80. The van der Waals surface area contributed by atoms with Crippen molar-refractivity contribution in [2.45, 2.75) is 6.42 Å². The number of halogens is 2. The van der Waals surface area contributed by atoms with Crippen molar-refractivity contribution >= 4 is 33.4 Å². The van der Waals surface area contributed by atoms with Gasteiger partial charge in [0, 0.05) is 11.0 Å². The second kappa shape index (κ2) is 6.30. The lowest BCUT2D eigenvalue weighted by Gasteiger charge is -2.06. The van der Waals surface area contributed by atoms with Gasteiger partial charge in [-0.15, -0.1) is 0 Å². The Morgan fingerprint density at radius 3 is 2.93 bits per heavy atom. The normalized spacial score (nSPS) is 10.2. The van der Waals surface area contributed by atoms with E-state index in [1.54, 1.807) is 17.8 Å². The molecule has 0 spiro atoms. The van der Waals surface area contributed by atoms with Crippen LogP contribution < -0.4 is 5.32 Å². The number of anilines is 1. The molecule has 78 valence electrons. The zero-order chi connectivity index (χ0) is 10.4. The van der Waals surface area contributed by atoms with Crippen molar-refractivity contribution in [3.63, 3.8) is 0 Å². The summed E-state index contributed by atoms with van der Waals surface area (Å²) in [5.74, 6) is 0.897. The minimum Gasteiger partial charge on any atom is -0.383 e. The number of nitrogens with one attached hydrogen (secondary N) is 1. The van der Waals surface area contributed by atoms with Crippen LogP contribution in [0, 0.1) is 5.82 Å². The summed E-state index contributed by atoms with van der Waals surface area (Å²) in [5.41, 5.74) is 0.578. The van der Waals surface area contributed by atoms with Gasteiger partial charge in [-0.1, -0.05) is 15.9 Å². The topological polar surface area (TPSA) is 12.0 Å². The van der Waals surface area contributed by atoms with E-state index >= 15 is 0 Å². The fraction of sp³-hybridized carbons (Fsp3) is 0.400. The first kappa shape index (κ1) is 11.9. The third kappa shape index (κ3) is 3.88. The highest BCUT2D eigenvalue weighted by molar-refractivity contribution is 9.10. The highest BCUT2D eigenvalue weighted by Gasteiger charge is 2.00. The Morgan fingerprint density at radius 1 is 1.50 bits per heavy atom. The number of hydrogen-bond donors (Lipinski definition) is 1. The van der Waals surface area contributed by atoms with Crippen molar-refractivity contribution < 1.29 is 4.39 Å². The monoisotopic (exact) mass is 277 g/mol. The summed E-state index contributed by atoms with van der Waals surface area (Å²) in [7, 11) is 0. The van der Waals surface area contributed by atoms with E-state index in [9.17, 15) is 4.39 Å². The summed E-state index contributed by atoms with van der Waals surface area (Å²) in [5, 5.41) is 3.07. The Hall–Kier alpha value is -0.220. The lowest BCUT2D eigenvalue weighted by atomic mass is 10.3. The van der Waals surface area contributed by atoms with Gasteiger partial charge in [-0.2, -0.15) is 11.8 Å². The van der Waals surface area contributed by atoms with Gasteiger partial charge >= 0.3 is 0 Å². The average molecular weight is 278 g/mol. The molecule has 0 amide bonds. The molecule has 1 aromatic carbocycles. The van der Waals surface area contributed by atoms with Gasteiger partial charge < -0.3 is 5.32 Å². The predicted molar refractivity (Wildman–Crippen MR) is 65.6 cm³/mol.